The minimum Gasteiger partial charge on any atom is -0.361 e. The van der Waals surface area contributed by atoms with Crippen LogP contribution in [-0.4, -0.2) is 11.1 Å². The number of nitrogens with one attached hydrogen (secondary N) is 1. The number of amides is 1. The Morgan fingerprint density at radius 2 is 2.00 bits per heavy atom. The fourth-order valence-corrected chi connectivity index (χ4v) is 2.40. The van der Waals surface area contributed by atoms with Crippen LogP contribution in [0.5, 0.6) is 0 Å². The molecule has 1 aromatic carbocycles. The molecular formula is C16H19ClN2O2. The Labute approximate surface area is 129 Å². The molecule has 0 saturated heterocycles. The van der Waals surface area contributed by atoms with Gasteiger partial charge in [-0.25, -0.2) is 0 Å². The summed E-state index contributed by atoms with van der Waals surface area (Å²) in [5, 5.41) is 7.60. The van der Waals surface area contributed by atoms with Crippen LogP contribution in [0.1, 0.15) is 42.0 Å². The van der Waals surface area contributed by atoms with Gasteiger partial charge in [0.05, 0.1) is 18.2 Å². The standard InChI is InChI=1S/C16H19ClN2O2/c1-4-15(12-5-7-13(17)8-6-12)18-16(20)9-14-10(2)19-21-11(14)3/h5-8,15H,4,9H2,1-3H3,(H,18,20)/t15-/m0/s1. The van der Waals surface area contributed by atoms with Crippen molar-refractivity contribution >= 4 is 17.5 Å². The third-order valence-corrected chi connectivity index (χ3v) is 3.79. The van der Waals surface area contributed by atoms with Gasteiger partial charge in [0.15, 0.2) is 0 Å². The Morgan fingerprint density at radius 3 is 2.52 bits per heavy atom. The molecule has 0 unspecified atom stereocenters. The summed E-state index contributed by atoms with van der Waals surface area (Å²) in [7, 11) is 0. The summed E-state index contributed by atoms with van der Waals surface area (Å²) in [5.74, 6) is 0.661. The predicted octanol–water partition coefficient (Wildman–Crippen LogP) is 3.75. The van der Waals surface area contributed by atoms with Crippen molar-refractivity contribution in [1.29, 1.82) is 0 Å². The summed E-state index contributed by atoms with van der Waals surface area (Å²) >= 11 is 5.89. The number of halogens is 1. The smallest absolute Gasteiger partial charge is 0.225 e. The van der Waals surface area contributed by atoms with Crippen molar-refractivity contribution in [2.75, 3.05) is 0 Å². The number of aromatic nitrogens is 1. The van der Waals surface area contributed by atoms with Crippen LogP contribution in [-0.2, 0) is 11.2 Å². The zero-order valence-electron chi connectivity index (χ0n) is 12.4. The first-order valence-electron chi connectivity index (χ1n) is 6.97. The number of hydrogen-bond acceptors (Lipinski definition) is 3. The number of carbonyl (C=O) groups excluding carboxylic acids is 1. The topological polar surface area (TPSA) is 55.1 Å². The average Bonchev–Trinajstić information content (AvgIpc) is 2.78. The number of carbonyl (C=O) groups is 1. The SMILES string of the molecule is CC[C@H](NC(=O)Cc1c(C)noc1C)c1ccc(Cl)cc1. The Morgan fingerprint density at radius 1 is 1.33 bits per heavy atom. The molecule has 21 heavy (non-hydrogen) atoms. The van der Waals surface area contributed by atoms with Crippen LogP contribution < -0.4 is 5.32 Å². The molecule has 0 radical (unpaired) electrons. The van der Waals surface area contributed by atoms with Gasteiger partial charge < -0.3 is 9.84 Å². The average molecular weight is 307 g/mol. The molecular weight excluding hydrogens is 288 g/mol. The van der Waals surface area contributed by atoms with Gasteiger partial charge in [0.25, 0.3) is 0 Å². The third-order valence-electron chi connectivity index (χ3n) is 3.53. The van der Waals surface area contributed by atoms with E-state index in [9.17, 15) is 4.79 Å². The summed E-state index contributed by atoms with van der Waals surface area (Å²) in [6.45, 7) is 5.70. The minimum absolute atomic E-state index is 0.0183. The molecule has 1 atom stereocenters. The molecule has 1 amide bonds. The van der Waals surface area contributed by atoms with Crippen molar-refractivity contribution in [3.8, 4) is 0 Å². The second-order valence-electron chi connectivity index (χ2n) is 5.06. The van der Waals surface area contributed by atoms with E-state index >= 15 is 0 Å². The molecule has 0 aliphatic rings. The molecule has 1 aromatic heterocycles. The summed E-state index contributed by atoms with van der Waals surface area (Å²) < 4.78 is 5.08. The quantitative estimate of drug-likeness (QED) is 0.915. The fraction of sp³-hybridized carbons (Fsp3) is 0.375. The van der Waals surface area contributed by atoms with Gasteiger partial charge in [-0.2, -0.15) is 0 Å². The van der Waals surface area contributed by atoms with Crippen LogP contribution in [0.3, 0.4) is 0 Å². The van der Waals surface area contributed by atoms with Gasteiger partial charge in [0.2, 0.25) is 5.91 Å². The lowest BCUT2D eigenvalue weighted by atomic mass is 10.0. The van der Waals surface area contributed by atoms with Crippen molar-refractivity contribution < 1.29 is 9.32 Å². The highest BCUT2D eigenvalue weighted by molar-refractivity contribution is 6.30. The lowest BCUT2D eigenvalue weighted by Crippen LogP contribution is -2.29. The molecule has 0 fully saturated rings. The van der Waals surface area contributed by atoms with Crippen LogP contribution in [0.4, 0.5) is 0 Å². The Balaban J connectivity index is 2.05. The number of aryl methyl sites for hydroxylation is 2. The van der Waals surface area contributed by atoms with Crippen LogP contribution in [0.15, 0.2) is 28.8 Å². The van der Waals surface area contributed by atoms with E-state index in [0.717, 1.165) is 23.2 Å². The molecule has 0 spiro atoms. The highest BCUT2D eigenvalue weighted by atomic mass is 35.5. The highest BCUT2D eigenvalue weighted by Crippen LogP contribution is 2.20. The van der Waals surface area contributed by atoms with E-state index in [1.54, 1.807) is 0 Å². The van der Waals surface area contributed by atoms with Crippen LogP contribution in [0.2, 0.25) is 5.02 Å². The third kappa shape index (κ3) is 3.85. The molecule has 1 N–H and O–H groups in total. The second-order valence-corrected chi connectivity index (χ2v) is 5.50. The van der Waals surface area contributed by atoms with Gasteiger partial charge in [0, 0.05) is 10.6 Å². The van der Waals surface area contributed by atoms with Crippen molar-refractivity contribution in [1.82, 2.24) is 10.5 Å². The van der Waals surface area contributed by atoms with E-state index in [-0.39, 0.29) is 18.4 Å². The van der Waals surface area contributed by atoms with Crippen molar-refractivity contribution in [2.24, 2.45) is 0 Å². The van der Waals surface area contributed by atoms with E-state index in [1.165, 1.54) is 0 Å². The Hall–Kier alpha value is -1.81. The Kier molecular flexibility index (Phi) is 5.02. The Bertz CT molecular complexity index is 600. The largest absolute Gasteiger partial charge is 0.361 e. The van der Waals surface area contributed by atoms with Crippen LogP contribution >= 0.6 is 11.6 Å². The maximum Gasteiger partial charge on any atom is 0.225 e. The van der Waals surface area contributed by atoms with Gasteiger partial charge in [-0.05, 0) is 38.0 Å². The number of hydrogen-bond donors (Lipinski definition) is 1. The van der Waals surface area contributed by atoms with Gasteiger partial charge in [0.1, 0.15) is 5.76 Å². The first-order chi connectivity index (χ1) is 10.0. The maximum absolute atomic E-state index is 12.2. The molecule has 0 aliphatic heterocycles. The van der Waals surface area contributed by atoms with Gasteiger partial charge in [-0.3, -0.25) is 4.79 Å². The van der Waals surface area contributed by atoms with Crippen molar-refractivity contribution in [2.45, 2.75) is 39.7 Å². The monoisotopic (exact) mass is 306 g/mol. The molecule has 0 saturated carbocycles. The minimum atomic E-state index is -0.0359. The summed E-state index contributed by atoms with van der Waals surface area (Å²) in [4.78, 5) is 12.2. The zero-order valence-corrected chi connectivity index (χ0v) is 13.2. The predicted molar refractivity (Wildman–Crippen MR) is 82.3 cm³/mol. The number of rotatable bonds is 5. The van der Waals surface area contributed by atoms with E-state index in [2.05, 4.69) is 10.5 Å². The lowest BCUT2D eigenvalue weighted by molar-refractivity contribution is -0.121. The molecule has 1 heterocycles. The van der Waals surface area contributed by atoms with Crippen molar-refractivity contribution in [3.05, 3.63) is 51.9 Å². The van der Waals surface area contributed by atoms with Crippen LogP contribution in [0.25, 0.3) is 0 Å². The molecule has 2 rings (SSSR count). The molecule has 5 heteroatoms. The summed E-state index contributed by atoms with van der Waals surface area (Å²) in [5.41, 5.74) is 2.68. The zero-order chi connectivity index (χ0) is 15.4. The molecule has 0 aliphatic carbocycles. The van der Waals surface area contributed by atoms with E-state index in [4.69, 9.17) is 16.1 Å². The van der Waals surface area contributed by atoms with E-state index < -0.39 is 0 Å². The molecule has 112 valence electrons. The van der Waals surface area contributed by atoms with E-state index in [1.807, 2.05) is 45.0 Å². The van der Waals surface area contributed by atoms with Gasteiger partial charge in [-0.1, -0.05) is 35.8 Å². The fourth-order valence-electron chi connectivity index (χ4n) is 2.28. The second kappa shape index (κ2) is 6.76. The maximum atomic E-state index is 12.2. The molecule has 4 nitrogen and oxygen atoms in total. The van der Waals surface area contributed by atoms with Gasteiger partial charge >= 0.3 is 0 Å². The first kappa shape index (κ1) is 15.6. The normalized spacial score (nSPS) is 12.2. The number of benzene rings is 1. The van der Waals surface area contributed by atoms with Gasteiger partial charge in [-0.15, -0.1) is 0 Å². The highest BCUT2D eigenvalue weighted by Gasteiger charge is 2.17. The van der Waals surface area contributed by atoms with Crippen molar-refractivity contribution in [3.63, 3.8) is 0 Å². The lowest BCUT2D eigenvalue weighted by Gasteiger charge is -2.17. The molecule has 0 bridgehead atoms. The first-order valence-corrected chi connectivity index (χ1v) is 7.35. The molecule has 2 aromatic rings. The van der Waals surface area contributed by atoms with Crippen LogP contribution in [0, 0.1) is 13.8 Å². The summed E-state index contributed by atoms with van der Waals surface area (Å²) in [6, 6.07) is 7.52. The van der Waals surface area contributed by atoms with E-state index in [0.29, 0.717) is 10.8 Å². The number of nitrogens with zero attached hydrogens (tertiary/aromatic N) is 1. The summed E-state index contributed by atoms with van der Waals surface area (Å²) in [6.07, 6.45) is 1.10.